The van der Waals surface area contributed by atoms with E-state index in [4.69, 9.17) is 20.8 Å². The van der Waals surface area contributed by atoms with Crippen molar-refractivity contribution in [1.82, 2.24) is 20.7 Å². The van der Waals surface area contributed by atoms with Crippen molar-refractivity contribution in [3.63, 3.8) is 0 Å². The first-order chi connectivity index (χ1) is 13.1. The number of hydrazine groups is 1. The molecule has 3 rings (SSSR count). The summed E-state index contributed by atoms with van der Waals surface area (Å²) in [7, 11) is 0. The summed E-state index contributed by atoms with van der Waals surface area (Å²) in [5.41, 5.74) is 5.51. The summed E-state index contributed by atoms with van der Waals surface area (Å²) in [4.78, 5) is 29.9. The molecule has 8 nitrogen and oxygen atoms in total. The lowest BCUT2D eigenvalue weighted by molar-refractivity contribution is -0.126. The first-order valence-corrected chi connectivity index (χ1v) is 9.12. The van der Waals surface area contributed by atoms with Crippen molar-refractivity contribution >= 4 is 23.6 Å². The Morgan fingerprint density at radius 1 is 1.33 bits per heavy atom. The van der Waals surface area contributed by atoms with Crippen LogP contribution in [0.5, 0.6) is 0 Å². The van der Waals surface area contributed by atoms with E-state index in [1.165, 1.54) is 0 Å². The van der Waals surface area contributed by atoms with Gasteiger partial charge in [0.15, 0.2) is 5.76 Å². The number of nitrogens with zero attached hydrogens (tertiary/aromatic N) is 2. The summed E-state index contributed by atoms with van der Waals surface area (Å²) in [5, 5.41) is 0.654. The van der Waals surface area contributed by atoms with E-state index in [1.54, 1.807) is 25.3 Å². The fourth-order valence-electron chi connectivity index (χ4n) is 2.98. The van der Waals surface area contributed by atoms with Crippen molar-refractivity contribution in [1.29, 1.82) is 0 Å². The lowest BCUT2D eigenvalue weighted by atomic mass is 10.2. The molecule has 0 aliphatic carbocycles. The van der Waals surface area contributed by atoms with Crippen LogP contribution in [0.3, 0.4) is 0 Å². The molecule has 0 bridgehead atoms. The van der Waals surface area contributed by atoms with Gasteiger partial charge in [-0.2, -0.15) is 0 Å². The third kappa shape index (κ3) is 4.99. The molecule has 0 unspecified atom stereocenters. The highest BCUT2D eigenvalue weighted by molar-refractivity contribution is 6.30. The van der Waals surface area contributed by atoms with E-state index in [-0.39, 0.29) is 18.6 Å². The van der Waals surface area contributed by atoms with Gasteiger partial charge in [-0.05, 0) is 50.6 Å². The molecule has 2 amide bonds. The Labute approximate surface area is 161 Å². The number of hydrogen-bond acceptors (Lipinski definition) is 6. The molecule has 1 atom stereocenters. The highest BCUT2D eigenvalue weighted by atomic mass is 35.5. The maximum atomic E-state index is 12.3. The summed E-state index contributed by atoms with van der Waals surface area (Å²) >= 11 is 5.90. The topological polar surface area (TPSA) is 96.7 Å². The second kappa shape index (κ2) is 8.88. The van der Waals surface area contributed by atoms with Gasteiger partial charge >= 0.3 is 6.09 Å². The molecule has 2 heterocycles. The Balaban J connectivity index is 1.59. The van der Waals surface area contributed by atoms with Crippen molar-refractivity contribution < 1.29 is 18.7 Å². The molecule has 0 spiro atoms. The van der Waals surface area contributed by atoms with Gasteiger partial charge in [-0.1, -0.05) is 11.6 Å². The minimum atomic E-state index is -0.685. The second-order valence-electron chi connectivity index (χ2n) is 6.09. The van der Waals surface area contributed by atoms with Gasteiger partial charge in [0.1, 0.15) is 0 Å². The van der Waals surface area contributed by atoms with Crippen molar-refractivity contribution in [2.75, 3.05) is 13.2 Å². The van der Waals surface area contributed by atoms with Crippen LogP contribution in [0.4, 0.5) is 4.79 Å². The third-order valence-corrected chi connectivity index (χ3v) is 4.50. The molecule has 2 N–H and O–H groups in total. The lowest BCUT2D eigenvalue weighted by Crippen LogP contribution is -2.50. The van der Waals surface area contributed by atoms with Crippen LogP contribution in [-0.4, -0.2) is 41.1 Å². The van der Waals surface area contributed by atoms with Crippen LogP contribution < -0.4 is 10.9 Å². The number of nitrogens with one attached hydrogen (secondary N) is 2. The first-order valence-electron chi connectivity index (χ1n) is 8.74. The van der Waals surface area contributed by atoms with Crippen molar-refractivity contribution in [3.05, 3.63) is 41.4 Å². The number of ether oxygens (including phenoxy) is 1. The Hall–Kier alpha value is -2.58. The summed E-state index contributed by atoms with van der Waals surface area (Å²) in [5.74, 6) is 0.883. The van der Waals surface area contributed by atoms with Crippen LogP contribution in [0.25, 0.3) is 11.3 Å². The van der Waals surface area contributed by atoms with Crippen molar-refractivity contribution in [2.45, 2.75) is 32.4 Å². The monoisotopic (exact) mass is 392 g/mol. The smallest absolute Gasteiger partial charge is 0.426 e. The number of hydrogen-bond donors (Lipinski definition) is 2. The standard InChI is InChI=1S/C18H21ClN4O4/c1-2-26-18(25)22-21-17(24)14-4-3-9-23(14)11-16-20-10-15(27-16)12-5-7-13(19)8-6-12/h5-8,10,14H,2-4,9,11H2,1H3,(H,21,24)(H,22,25)/t14-/m0/s1. The zero-order valence-electron chi connectivity index (χ0n) is 14.9. The number of benzene rings is 1. The average molecular weight is 393 g/mol. The number of carbonyl (C=O) groups excluding carboxylic acids is 2. The molecule has 0 saturated carbocycles. The SMILES string of the molecule is CCOC(=O)NNC(=O)[C@@H]1CCCN1Cc1ncc(-c2ccc(Cl)cc2)o1. The van der Waals surface area contributed by atoms with Gasteiger partial charge in [0.25, 0.3) is 5.91 Å². The first kappa shape index (κ1) is 19.2. The second-order valence-corrected chi connectivity index (χ2v) is 6.52. The van der Waals surface area contributed by atoms with E-state index in [9.17, 15) is 9.59 Å². The number of rotatable bonds is 5. The molecule has 1 aromatic carbocycles. The van der Waals surface area contributed by atoms with Crippen LogP contribution in [0.2, 0.25) is 5.02 Å². The molecule has 9 heteroatoms. The van der Waals surface area contributed by atoms with E-state index in [0.29, 0.717) is 29.6 Å². The Morgan fingerprint density at radius 2 is 2.11 bits per heavy atom. The molecule has 1 fully saturated rings. The maximum absolute atomic E-state index is 12.3. The number of halogens is 1. The fourth-order valence-corrected chi connectivity index (χ4v) is 3.11. The predicted octanol–water partition coefficient (Wildman–Crippen LogP) is 2.74. The maximum Gasteiger partial charge on any atom is 0.426 e. The highest BCUT2D eigenvalue weighted by Crippen LogP contribution is 2.25. The summed E-state index contributed by atoms with van der Waals surface area (Å²) in [6.45, 7) is 3.08. The van der Waals surface area contributed by atoms with Gasteiger partial charge in [-0.3, -0.25) is 15.1 Å². The molecule has 0 radical (unpaired) electrons. The quantitative estimate of drug-likeness (QED) is 0.759. The number of carbonyl (C=O) groups is 2. The van der Waals surface area contributed by atoms with Gasteiger partial charge in [0, 0.05) is 10.6 Å². The molecule has 27 heavy (non-hydrogen) atoms. The Kier molecular flexibility index (Phi) is 6.31. The molecule has 1 aromatic heterocycles. The number of likely N-dealkylation sites (tertiary alicyclic amines) is 1. The fraction of sp³-hybridized carbons (Fsp3) is 0.389. The normalized spacial score (nSPS) is 16.9. The average Bonchev–Trinajstić information content (AvgIpc) is 3.31. The number of amides is 2. The molecule has 1 aliphatic heterocycles. The predicted molar refractivity (Wildman–Crippen MR) is 98.7 cm³/mol. The van der Waals surface area contributed by atoms with Crippen molar-refractivity contribution in [2.24, 2.45) is 0 Å². The Morgan fingerprint density at radius 3 is 2.85 bits per heavy atom. The highest BCUT2D eigenvalue weighted by Gasteiger charge is 2.32. The zero-order valence-corrected chi connectivity index (χ0v) is 15.7. The molecule has 2 aromatic rings. The van der Waals surface area contributed by atoms with E-state index in [0.717, 1.165) is 18.5 Å². The minimum Gasteiger partial charge on any atom is -0.449 e. The van der Waals surface area contributed by atoms with Gasteiger partial charge in [0.05, 0.1) is 25.4 Å². The Bertz CT molecular complexity index is 793. The number of oxazole rings is 1. The van der Waals surface area contributed by atoms with E-state index in [1.807, 2.05) is 17.0 Å². The minimum absolute atomic E-state index is 0.234. The molecular weight excluding hydrogens is 372 g/mol. The van der Waals surface area contributed by atoms with Crippen molar-refractivity contribution in [3.8, 4) is 11.3 Å². The van der Waals surface area contributed by atoms with Gasteiger partial charge < -0.3 is 9.15 Å². The lowest BCUT2D eigenvalue weighted by Gasteiger charge is -2.22. The van der Waals surface area contributed by atoms with E-state index < -0.39 is 6.09 Å². The molecule has 1 saturated heterocycles. The van der Waals surface area contributed by atoms with Crippen LogP contribution in [0.1, 0.15) is 25.7 Å². The van der Waals surface area contributed by atoms with E-state index in [2.05, 4.69) is 15.8 Å². The van der Waals surface area contributed by atoms with Gasteiger partial charge in [-0.15, -0.1) is 0 Å². The van der Waals surface area contributed by atoms with E-state index >= 15 is 0 Å². The third-order valence-electron chi connectivity index (χ3n) is 4.25. The zero-order chi connectivity index (χ0) is 19.2. The summed E-state index contributed by atoms with van der Waals surface area (Å²) < 4.78 is 10.5. The van der Waals surface area contributed by atoms with Crippen LogP contribution in [0.15, 0.2) is 34.9 Å². The summed E-state index contributed by atoms with van der Waals surface area (Å²) in [6, 6.07) is 6.93. The molecular formula is C18H21ClN4O4. The van der Waals surface area contributed by atoms with Crippen LogP contribution in [-0.2, 0) is 16.1 Å². The van der Waals surface area contributed by atoms with Gasteiger partial charge in [0.2, 0.25) is 5.89 Å². The number of aromatic nitrogens is 1. The van der Waals surface area contributed by atoms with Crippen LogP contribution >= 0.6 is 11.6 Å². The molecule has 144 valence electrons. The molecule has 1 aliphatic rings. The largest absolute Gasteiger partial charge is 0.449 e. The van der Waals surface area contributed by atoms with Gasteiger partial charge in [-0.25, -0.2) is 15.2 Å². The van der Waals surface area contributed by atoms with Crippen LogP contribution in [0, 0.1) is 0 Å². The summed E-state index contributed by atoms with van der Waals surface area (Å²) in [6.07, 6.45) is 2.55.